The molecule has 140 valence electrons. The second-order valence-corrected chi connectivity index (χ2v) is 6.41. The number of hydrogen-bond donors (Lipinski definition) is 1. The highest BCUT2D eigenvalue weighted by Crippen LogP contribution is 2.24. The zero-order chi connectivity index (χ0) is 17.5. The van der Waals surface area contributed by atoms with Crippen molar-refractivity contribution in [1.82, 2.24) is 10.2 Å². The van der Waals surface area contributed by atoms with Gasteiger partial charge in [0.25, 0.3) is 0 Å². The van der Waals surface area contributed by atoms with Crippen LogP contribution in [0.2, 0.25) is 0 Å². The van der Waals surface area contributed by atoms with Gasteiger partial charge in [-0.05, 0) is 29.9 Å². The summed E-state index contributed by atoms with van der Waals surface area (Å²) in [4.78, 5) is 18.3. The van der Waals surface area contributed by atoms with Crippen LogP contribution in [-0.2, 0) is 22.4 Å². The molecule has 1 aromatic rings. The minimum atomic E-state index is -0.128. The summed E-state index contributed by atoms with van der Waals surface area (Å²) in [5.41, 5.74) is 2.68. The molecule has 2 rings (SSSR count). The Kier molecular flexibility index (Phi) is 9.24. The molecule has 5 nitrogen and oxygen atoms in total. The molecule has 0 radical (unpaired) electrons. The van der Waals surface area contributed by atoms with E-state index in [0.717, 1.165) is 31.9 Å². The van der Waals surface area contributed by atoms with E-state index < -0.39 is 0 Å². The number of esters is 1. The lowest BCUT2D eigenvalue weighted by atomic mass is 9.99. The number of likely N-dealkylation sites (tertiary alicyclic amines) is 1. The Hall–Kier alpha value is -1.31. The Balaban J connectivity index is 0.00000312. The lowest BCUT2D eigenvalue weighted by molar-refractivity contribution is -0.145. The number of carbonyl (C=O) groups is 1. The van der Waals surface area contributed by atoms with Crippen LogP contribution in [0.1, 0.15) is 25.0 Å². The summed E-state index contributed by atoms with van der Waals surface area (Å²) in [7, 11) is 3.24. The quantitative estimate of drug-likeness (QED) is 0.319. The first-order chi connectivity index (χ1) is 11.6. The number of guanidine groups is 1. The molecule has 6 heteroatoms. The van der Waals surface area contributed by atoms with E-state index in [4.69, 9.17) is 4.74 Å². The highest BCUT2D eigenvalue weighted by atomic mass is 127. The van der Waals surface area contributed by atoms with Crippen molar-refractivity contribution in [3.63, 3.8) is 0 Å². The Bertz CT molecular complexity index is 575. The van der Waals surface area contributed by atoms with Gasteiger partial charge in [0.15, 0.2) is 5.96 Å². The lowest BCUT2D eigenvalue weighted by Gasteiger charge is -2.21. The fourth-order valence-electron chi connectivity index (χ4n) is 3.19. The summed E-state index contributed by atoms with van der Waals surface area (Å²) in [5, 5.41) is 3.41. The summed E-state index contributed by atoms with van der Waals surface area (Å²) >= 11 is 0. The summed E-state index contributed by atoms with van der Waals surface area (Å²) < 4.78 is 4.90. The zero-order valence-electron chi connectivity index (χ0n) is 15.6. The number of nitrogens with zero attached hydrogens (tertiary/aromatic N) is 2. The van der Waals surface area contributed by atoms with Gasteiger partial charge in [0.1, 0.15) is 0 Å². The first-order valence-electron chi connectivity index (χ1n) is 8.70. The van der Waals surface area contributed by atoms with E-state index in [9.17, 15) is 4.79 Å². The van der Waals surface area contributed by atoms with Crippen molar-refractivity contribution in [2.75, 3.05) is 33.8 Å². The van der Waals surface area contributed by atoms with Gasteiger partial charge in [-0.2, -0.15) is 0 Å². The van der Waals surface area contributed by atoms with Crippen LogP contribution in [0, 0.1) is 11.8 Å². The molecular formula is C19H30IN3O2. The van der Waals surface area contributed by atoms with Crippen molar-refractivity contribution in [3.05, 3.63) is 35.4 Å². The van der Waals surface area contributed by atoms with E-state index in [0.29, 0.717) is 6.54 Å². The Labute approximate surface area is 168 Å². The third kappa shape index (κ3) is 5.87. The van der Waals surface area contributed by atoms with Crippen LogP contribution in [0.15, 0.2) is 29.3 Å². The number of methoxy groups -OCH3 is 1. The SMILES string of the molecule is CCc1ccc(CCNC(=NC)N2CC(C)C(C(=O)OC)C2)cc1.I. The molecule has 1 N–H and O–H groups in total. The van der Waals surface area contributed by atoms with E-state index in [2.05, 4.69) is 53.3 Å². The molecule has 25 heavy (non-hydrogen) atoms. The van der Waals surface area contributed by atoms with Gasteiger partial charge in [0.2, 0.25) is 0 Å². The maximum atomic E-state index is 11.8. The number of rotatable bonds is 5. The minimum Gasteiger partial charge on any atom is -0.469 e. The Morgan fingerprint density at radius 2 is 1.92 bits per heavy atom. The smallest absolute Gasteiger partial charge is 0.310 e. The van der Waals surface area contributed by atoms with Crippen LogP contribution in [-0.4, -0.2) is 50.6 Å². The van der Waals surface area contributed by atoms with Crippen LogP contribution in [0.5, 0.6) is 0 Å². The molecule has 1 saturated heterocycles. The van der Waals surface area contributed by atoms with E-state index in [1.54, 1.807) is 7.05 Å². The topological polar surface area (TPSA) is 53.9 Å². The molecule has 0 bridgehead atoms. The highest BCUT2D eigenvalue weighted by Gasteiger charge is 2.36. The molecule has 1 aromatic carbocycles. The van der Waals surface area contributed by atoms with Crippen LogP contribution in [0.3, 0.4) is 0 Å². The summed E-state index contributed by atoms with van der Waals surface area (Å²) in [6.45, 7) is 6.57. The Morgan fingerprint density at radius 1 is 1.28 bits per heavy atom. The van der Waals surface area contributed by atoms with Crippen molar-refractivity contribution in [1.29, 1.82) is 0 Å². The zero-order valence-corrected chi connectivity index (χ0v) is 17.9. The maximum absolute atomic E-state index is 11.8. The molecule has 1 heterocycles. The van der Waals surface area contributed by atoms with E-state index >= 15 is 0 Å². The third-order valence-corrected chi connectivity index (χ3v) is 4.76. The van der Waals surface area contributed by atoms with Crippen LogP contribution in [0.4, 0.5) is 0 Å². The number of nitrogens with one attached hydrogen (secondary N) is 1. The van der Waals surface area contributed by atoms with Gasteiger partial charge < -0.3 is 15.0 Å². The Morgan fingerprint density at radius 3 is 2.48 bits per heavy atom. The van der Waals surface area contributed by atoms with Crippen LogP contribution >= 0.6 is 24.0 Å². The predicted molar refractivity (Wildman–Crippen MR) is 113 cm³/mol. The maximum Gasteiger partial charge on any atom is 0.310 e. The van der Waals surface area contributed by atoms with Crippen molar-refractivity contribution in [2.24, 2.45) is 16.8 Å². The van der Waals surface area contributed by atoms with Gasteiger partial charge in [-0.1, -0.05) is 38.1 Å². The fourth-order valence-corrected chi connectivity index (χ4v) is 3.19. The van der Waals surface area contributed by atoms with Crippen molar-refractivity contribution >= 4 is 35.9 Å². The summed E-state index contributed by atoms with van der Waals surface area (Å²) in [6.07, 6.45) is 2.02. The lowest BCUT2D eigenvalue weighted by Crippen LogP contribution is -2.41. The first-order valence-corrected chi connectivity index (χ1v) is 8.70. The van der Waals surface area contributed by atoms with Gasteiger partial charge in [0, 0.05) is 26.7 Å². The van der Waals surface area contributed by atoms with Crippen molar-refractivity contribution in [2.45, 2.75) is 26.7 Å². The van der Waals surface area contributed by atoms with Gasteiger partial charge in [-0.25, -0.2) is 0 Å². The van der Waals surface area contributed by atoms with Gasteiger partial charge in [0.05, 0.1) is 13.0 Å². The first kappa shape index (κ1) is 21.7. The van der Waals surface area contributed by atoms with E-state index in [-0.39, 0.29) is 41.8 Å². The van der Waals surface area contributed by atoms with Gasteiger partial charge in [-0.15, -0.1) is 24.0 Å². The molecule has 0 aromatic heterocycles. The normalized spacial score (nSPS) is 20.2. The second-order valence-electron chi connectivity index (χ2n) is 6.41. The monoisotopic (exact) mass is 459 g/mol. The third-order valence-electron chi connectivity index (χ3n) is 4.76. The number of benzene rings is 1. The highest BCUT2D eigenvalue weighted by molar-refractivity contribution is 14.0. The number of hydrogen-bond acceptors (Lipinski definition) is 3. The molecule has 2 unspecified atom stereocenters. The van der Waals surface area contributed by atoms with Gasteiger partial charge >= 0.3 is 5.97 Å². The number of aryl methyl sites for hydroxylation is 1. The van der Waals surface area contributed by atoms with Crippen molar-refractivity contribution < 1.29 is 9.53 Å². The van der Waals surface area contributed by atoms with Crippen LogP contribution in [0.25, 0.3) is 0 Å². The molecule has 1 aliphatic rings. The largest absolute Gasteiger partial charge is 0.469 e. The number of carbonyl (C=O) groups excluding carboxylic acids is 1. The minimum absolute atomic E-state index is 0. The summed E-state index contributed by atoms with van der Waals surface area (Å²) in [5.74, 6) is 0.933. The number of ether oxygens (including phenoxy) is 1. The van der Waals surface area contributed by atoms with Crippen LogP contribution < -0.4 is 5.32 Å². The molecule has 2 atom stereocenters. The van der Waals surface area contributed by atoms with E-state index in [1.807, 2.05) is 0 Å². The average Bonchev–Trinajstić information content (AvgIpc) is 3.00. The predicted octanol–water partition coefficient (Wildman–Crippen LogP) is 2.73. The molecule has 0 spiro atoms. The summed E-state index contributed by atoms with van der Waals surface area (Å²) in [6, 6.07) is 8.75. The van der Waals surface area contributed by atoms with Crippen molar-refractivity contribution in [3.8, 4) is 0 Å². The standard InChI is InChI=1S/C19H29N3O2.HI/c1-5-15-6-8-16(9-7-15)10-11-21-19(20-3)22-12-14(2)17(13-22)18(23)24-4;/h6-9,14,17H,5,10-13H2,1-4H3,(H,20,21);1H. The fraction of sp³-hybridized carbons (Fsp3) is 0.579. The van der Waals surface area contributed by atoms with E-state index in [1.165, 1.54) is 18.2 Å². The van der Waals surface area contributed by atoms with Gasteiger partial charge in [-0.3, -0.25) is 9.79 Å². The molecule has 0 saturated carbocycles. The molecule has 0 amide bonds. The molecule has 1 fully saturated rings. The molecular weight excluding hydrogens is 429 g/mol. The molecule has 0 aliphatic carbocycles. The number of aliphatic imine (C=N–C) groups is 1. The second kappa shape index (κ2) is 10.6. The molecule has 1 aliphatic heterocycles. The average molecular weight is 459 g/mol. The number of halogens is 1.